The second-order valence-corrected chi connectivity index (χ2v) is 5.41. The zero-order valence-corrected chi connectivity index (χ0v) is 12.8. The highest BCUT2D eigenvalue weighted by atomic mass is 16.4. The number of carboxylic acid groups (broad SMARTS) is 1. The van der Waals surface area contributed by atoms with E-state index >= 15 is 0 Å². The molecule has 1 aromatic carbocycles. The summed E-state index contributed by atoms with van der Waals surface area (Å²) in [6.45, 7) is 2.18. The summed E-state index contributed by atoms with van der Waals surface area (Å²) in [6.07, 6.45) is 1.80. The average Bonchev–Trinajstić information content (AvgIpc) is 2.92. The second-order valence-electron chi connectivity index (χ2n) is 5.41. The molecule has 1 heterocycles. The Kier molecular flexibility index (Phi) is 4.99. The summed E-state index contributed by atoms with van der Waals surface area (Å²) in [5.41, 5.74) is 1.52. The maximum atomic E-state index is 12.7. The predicted molar refractivity (Wildman–Crippen MR) is 83.4 cm³/mol. The Morgan fingerprint density at radius 3 is 2.41 bits per heavy atom. The van der Waals surface area contributed by atoms with Crippen LogP contribution in [0, 0.1) is 5.92 Å². The van der Waals surface area contributed by atoms with Gasteiger partial charge in [-0.15, -0.1) is 0 Å². The molecule has 5 nitrogen and oxygen atoms in total. The normalized spacial score (nSPS) is 11.9. The van der Waals surface area contributed by atoms with Crippen LogP contribution in [-0.2, 0) is 18.4 Å². The van der Waals surface area contributed by atoms with Gasteiger partial charge in [-0.1, -0.05) is 37.3 Å². The van der Waals surface area contributed by atoms with Crippen molar-refractivity contribution < 1.29 is 14.7 Å². The summed E-state index contributed by atoms with van der Waals surface area (Å²) >= 11 is 0. The fraction of sp³-hybridized carbons (Fsp3) is 0.294. The van der Waals surface area contributed by atoms with Gasteiger partial charge in [0, 0.05) is 26.3 Å². The van der Waals surface area contributed by atoms with E-state index in [0.717, 1.165) is 5.56 Å². The fourth-order valence-electron chi connectivity index (χ4n) is 2.28. The number of benzene rings is 1. The van der Waals surface area contributed by atoms with Crippen LogP contribution in [0.15, 0.2) is 48.7 Å². The van der Waals surface area contributed by atoms with Crippen LogP contribution in [0.3, 0.4) is 0 Å². The molecule has 2 aromatic rings. The van der Waals surface area contributed by atoms with Gasteiger partial charge < -0.3 is 14.6 Å². The van der Waals surface area contributed by atoms with Crippen LogP contribution < -0.4 is 0 Å². The standard InChI is InChI=1S/C17H20N2O3/c1-13(17(21)22)11-19(12-14-7-4-3-5-8-14)16(20)15-9-6-10-18(15)2/h3-10,13H,11-12H2,1-2H3,(H,21,22). The van der Waals surface area contributed by atoms with E-state index < -0.39 is 11.9 Å². The van der Waals surface area contributed by atoms with Crippen molar-refractivity contribution in [2.45, 2.75) is 13.5 Å². The highest BCUT2D eigenvalue weighted by molar-refractivity contribution is 5.93. The summed E-state index contributed by atoms with van der Waals surface area (Å²) in [7, 11) is 1.80. The molecular weight excluding hydrogens is 280 g/mol. The number of carboxylic acids is 1. The average molecular weight is 300 g/mol. The third-order valence-electron chi connectivity index (χ3n) is 3.58. The van der Waals surface area contributed by atoms with Crippen LogP contribution in [0.25, 0.3) is 0 Å². The quantitative estimate of drug-likeness (QED) is 0.891. The van der Waals surface area contributed by atoms with Gasteiger partial charge >= 0.3 is 5.97 Å². The SMILES string of the molecule is CC(CN(Cc1ccccc1)C(=O)c1cccn1C)C(=O)O. The molecule has 22 heavy (non-hydrogen) atoms. The maximum Gasteiger partial charge on any atom is 0.308 e. The monoisotopic (exact) mass is 300 g/mol. The molecule has 1 amide bonds. The van der Waals surface area contributed by atoms with Gasteiger partial charge in [-0.25, -0.2) is 0 Å². The molecule has 1 N–H and O–H groups in total. The van der Waals surface area contributed by atoms with E-state index in [4.69, 9.17) is 5.11 Å². The summed E-state index contributed by atoms with van der Waals surface area (Å²) in [5.74, 6) is -1.69. The van der Waals surface area contributed by atoms with E-state index in [1.54, 1.807) is 41.8 Å². The van der Waals surface area contributed by atoms with Crippen LogP contribution >= 0.6 is 0 Å². The van der Waals surface area contributed by atoms with Crippen molar-refractivity contribution >= 4 is 11.9 Å². The summed E-state index contributed by atoms with van der Waals surface area (Å²) in [5, 5.41) is 9.12. The lowest BCUT2D eigenvalue weighted by Crippen LogP contribution is -2.37. The predicted octanol–water partition coefficient (Wildman–Crippen LogP) is 2.39. The van der Waals surface area contributed by atoms with Gasteiger partial charge in [0.1, 0.15) is 5.69 Å². The topological polar surface area (TPSA) is 62.5 Å². The molecule has 0 fully saturated rings. The lowest BCUT2D eigenvalue weighted by molar-refractivity contribution is -0.141. The molecule has 2 rings (SSSR count). The van der Waals surface area contributed by atoms with E-state index in [0.29, 0.717) is 12.2 Å². The number of aryl methyl sites for hydroxylation is 1. The number of aromatic nitrogens is 1. The molecule has 0 saturated heterocycles. The van der Waals surface area contributed by atoms with E-state index in [1.807, 2.05) is 30.3 Å². The fourth-order valence-corrected chi connectivity index (χ4v) is 2.28. The lowest BCUT2D eigenvalue weighted by atomic mass is 10.1. The van der Waals surface area contributed by atoms with E-state index in [9.17, 15) is 9.59 Å². The Labute approximate surface area is 129 Å². The van der Waals surface area contributed by atoms with Gasteiger partial charge in [-0.3, -0.25) is 9.59 Å². The number of carbonyl (C=O) groups excluding carboxylic acids is 1. The first kappa shape index (κ1) is 15.8. The molecule has 116 valence electrons. The van der Waals surface area contributed by atoms with Gasteiger partial charge in [0.05, 0.1) is 5.92 Å². The van der Waals surface area contributed by atoms with Crippen molar-refractivity contribution in [2.24, 2.45) is 13.0 Å². The highest BCUT2D eigenvalue weighted by Gasteiger charge is 2.23. The molecule has 1 atom stereocenters. The Morgan fingerprint density at radius 2 is 1.86 bits per heavy atom. The van der Waals surface area contributed by atoms with E-state index in [-0.39, 0.29) is 12.5 Å². The van der Waals surface area contributed by atoms with Gasteiger partial charge in [0.25, 0.3) is 5.91 Å². The number of carbonyl (C=O) groups is 2. The molecule has 1 aromatic heterocycles. The second kappa shape index (κ2) is 6.93. The number of amides is 1. The molecule has 0 radical (unpaired) electrons. The first-order valence-electron chi connectivity index (χ1n) is 7.16. The Hall–Kier alpha value is -2.56. The molecule has 0 aliphatic rings. The summed E-state index contributed by atoms with van der Waals surface area (Å²) in [6, 6.07) is 13.1. The Bertz CT molecular complexity index is 649. The third-order valence-corrected chi connectivity index (χ3v) is 3.58. The molecule has 5 heteroatoms. The van der Waals surface area contributed by atoms with Crippen LogP contribution in [0.2, 0.25) is 0 Å². The molecule has 1 unspecified atom stereocenters. The van der Waals surface area contributed by atoms with Crippen molar-refractivity contribution in [1.82, 2.24) is 9.47 Å². The molecule has 0 bridgehead atoms. The van der Waals surface area contributed by atoms with Crippen LogP contribution in [-0.4, -0.2) is 33.0 Å². The Morgan fingerprint density at radius 1 is 1.18 bits per heavy atom. The number of rotatable bonds is 6. The van der Waals surface area contributed by atoms with Crippen LogP contribution in [0.1, 0.15) is 23.0 Å². The first-order chi connectivity index (χ1) is 10.5. The zero-order chi connectivity index (χ0) is 16.1. The van der Waals surface area contributed by atoms with Crippen LogP contribution in [0.4, 0.5) is 0 Å². The van der Waals surface area contributed by atoms with Crippen molar-refractivity contribution in [3.05, 3.63) is 59.9 Å². The summed E-state index contributed by atoms with van der Waals surface area (Å²) in [4.78, 5) is 25.4. The first-order valence-corrected chi connectivity index (χ1v) is 7.16. The molecule has 0 aliphatic heterocycles. The Balaban J connectivity index is 2.23. The minimum Gasteiger partial charge on any atom is -0.481 e. The number of aliphatic carboxylic acids is 1. The van der Waals surface area contributed by atoms with Gasteiger partial charge in [-0.05, 0) is 17.7 Å². The number of nitrogens with zero attached hydrogens (tertiary/aromatic N) is 2. The van der Waals surface area contributed by atoms with Crippen molar-refractivity contribution in [2.75, 3.05) is 6.54 Å². The maximum absolute atomic E-state index is 12.7. The van der Waals surface area contributed by atoms with Crippen molar-refractivity contribution in [3.8, 4) is 0 Å². The van der Waals surface area contributed by atoms with Crippen molar-refractivity contribution in [1.29, 1.82) is 0 Å². The summed E-state index contributed by atoms with van der Waals surface area (Å²) < 4.78 is 1.74. The molecular formula is C17H20N2O3. The van der Waals surface area contributed by atoms with Gasteiger partial charge in [0.2, 0.25) is 0 Å². The van der Waals surface area contributed by atoms with Gasteiger partial charge in [0.15, 0.2) is 0 Å². The van der Waals surface area contributed by atoms with E-state index in [1.165, 1.54) is 0 Å². The third kappa shape index (κ3) is 3.75. The number of hydrogen-bond donors (Lipinski definition) is 1. The van der Waals surface area contributed by atoms with E-state index in [2.05, 4.69) is 0 Å². The van der Waals surface area contributed by atoms with Gasteiger partial charge in [-0.2, -0.15) is 0 Å². The molecule has 0 spiro atoms. The highest BCUT2D eigenvalue weighted by Crippen LogP contribution is 2.13. The minimum absolute atomic E-state index is 0.163. The number of hydrogen-bond acceptors (Lipinski definition) is 2. The molecule has 0 aliphatic carbocycles. The smallest absolute Gasteiger partial charge is 0.308 e. The lowest BCUT2D eigenvalue weighted by Gasteiger charge is -2.25. The van der Waals surface area contributed by atoms with Crippen molar-refractivity contribution in [3.63, 3.8) is 0 Å². The molecule has 0 saturated carbocycles. The van der Waals surface area contributed by atoms with Crippen LogP contribution in [0.5, 0.6) is 0 Å². The largest absolute Gasteiger partial charge is 0.481 e. The minimum atomic E-state index is -0.905. The zero-order valence-electron chi connectivity index (χ0n) is 12.8.